The van der Waals surface area contributed by atoms with E-state index in [-0.39, 0.29) is 5.41 Å². The van der Waals surface area contributed by atoms with Crippen LogP contribution in [0, 0.1) is 0 Å². The normalized spacial score (nSPS) is 13.1. The molecule has 12 rings (SSSR count). The van der Waals surface area contributed by atoms with Crippen LogP contribution >= 0.6 is 0 Å². The first-order valence-electron chi connectivity index (χ1n) is 19.1. The molecule has 260 valence electrons. The van der Waals surface area contributed by atoms with Crippen LogP contribution in [-0.4, -0.2) is 9.97 Å². The van der Waals surface area contributed by atoms with E-state index in [1.807, 2.05) is 24.3 Å². The zero-order chi connectivity index (χ0) is 36.8. The summed E-state index contributed by atoms with van der Waals surface area (Å²) in [5.41, 5.74) is 19.0. The highest BCUT2D eigenvalue weighted by molar-refractivity contribution is 6.05. The van der Waals surface area contributed by atoms with Gasteiger partial charge in [0.1, 0.15) is 11.2 Å². The lowest BCUT2D eigenvalue weighted by Gasteiger charge is -2.30. The monoisotopic (exact) mass is 712 g/mol. The summed E-state index contributed by atoms with van der Waals surface area (Å²) in [6, 6.07) is 69.6. The van der Waals surface area contributed by atoms with E-state index in [4.69, 9.17) is 14.4 Å². The molecule has 0 amide bonds. The van der Waals surface area contributed by atoms with Gasteiger partial charge in [-0.05, 0) is 92.0 Å². The average molecular weight is 713 g/mol. The largest absolute Gasteiger partial charge is 0.456 e. The maximum atomic E-state index is 6.27. The Labute approximate surface area is 324 Å². The van der Waals surface area contributed by atoms with Crippen molar-refractivity contribution >= 4 is 21.9 Å². The Kier molecular flexibility index (Phi) is 6.55. The lowest BCUT2D eigenvalue weighted by Crippen LogP contribution is -2.25. The van der Waals surface area contributed by atoms with Gasteiger partial charge in [-0.15, -0.1) is 0 Å². The summed E-state index contributed by atoms with van der Waals surface area (Å²) in [6.07, 6.45) is 0. The number of hydrogen-bond donors (Lipinski definition) is 0. The maximum absolute atomic E-state index is 6.27. The van der Waals surface area contributed by atoms with Crippen molar-refractivity contribution in [3.05, 3.63) is 216 Å². The van der Waals surface area contributed by atoms with E-state index >= 15 is 0 Å². The quantitative estimate of drug-likeness (QED) is 0.182. The molecule has 56 heavy (non-hydrogen) atoms. The van der Waals surface area contributed by atoms with Crippen molar-refractivity contribution in [1.82, 2.24) is 9.97 Å². The third kappa shape index (κ3) is 4.40. The van der Waals surface area contributed by atoms with Gasteiger partial charge in [-0.3, -0.25) is 0 Å². The number of aromatic nitrogens is 2. The number of hydrogen-bond acceptors (Lipinski definition) is 3. The molecule has 2 aromatic heterocycles. The van der Waals surface area contributed by atoms with Crippen LogP contribution in [0.5, 0.6) is 0 Å². The standard InChI is InChI=1S/C53H32N2O/c1-2-13-33(14-3-1)48-32-49(55-52(54-48)37-25-27-42-41-20-7-11-24-50(41)56-51(42)31-37)36-16-12-15-34(29-36)35-26-28-47-43(30-35)40-19-6-10-23-46(40)53(47)44-21-8-4-17-38(44)39-18-5-9-22-45(39)53/h1-32H. The minimum atomic E-state index is -0.351. The van der Waals surface area contributed by atoms with Gasteiger partial charge >= 0.3 is 0 Å². The Balaban J connectivity index is 1.00. The van der Waals surface area contributed by atoms with Gasteiger partial charge in [-0.25, -0.2) is 9.97 Å². The van der Waals surface area contributed by atoms with E-state index in [9.17, 15) is 0 Å². The summed E-state index contributed by atoms with van der Waals surface area (Å²) in [6.45, 7) is 0. The van der Waals surface area contributed by atoms with E-state index in [1.54, 1.807) is 0 Å². The Morgan fingerprint density at radius 2 is 0.857 bits per heavy atom. The molecule has 0 atom stereocenters. The summed E-state index contributed by atoms with van der Waals surface area (Å²) in [5.74, 6) is 0.658. The Morgan fingerprint density at radius 1 is 0.321 bits per heavy atom. The molecule has 1 spiro atoms. The van der Waals surface area contributed by atoms with Crippen LogP contribution in [0.4, 0.5) is 0 Å². The van der Waals surface area contributed by atoms with Crippen LogP contribution in [-0.2, 0) is 5.41 Å². The molecule has 0 saturated heterocycles. The average Bonchev–Trinajstić information content (AvgIpc) is 3.90. The summed E-state index contributed by atoms with van der Waals surface area (Å²) < 4.78 is 6.27. The first-order valence-corrected chi connectivity index (χ1v) is 19.1. The molecule has 0 unspecified atom stereocenters. The van der Waals surface area contributed by atoms with E-state index in [0.29, 0.717) is 5.82 Å². The predicted octanol–water partition coefficient (Wildman–Crippen LogP) is 13.4. The van der Waals surface area contributed by atoms with Gasteiger partial charge in [0.25, 0.3) is 0 Å². The van der Waals surface area contributed by atoms with E-state index < -0.39 is 0 Å². The molecule has 3 heteroatoms. The second-order valence-corrected chi connectivity index (χ2v) is 14.9. The molecule has 10 aromatic rings. The van der Waals surface area contributed by atoms with Crippen molar-refractivity contribution in [3.63, 3.8) is 0 Å². The van der Waals surface area contributed by atoms with E-state index in [2.05, 4.69) is 170 Å². The van der Waals surface area contributed by atoms with Gasteiger partial charge in [-0.2, -0.15) is 0 Å². The van der Waals surface area contributed by atoms with Gasteiger partial charge < -0.3 is 4.42 Å². The molecule has 0 aliphatic heterocycles. The van der Waals surface area contributed by atoms with Gasteiger partial charge in [0, 0.05) is 27.5 Å². The smallest absolute Gasteiger partial charge is 0.160 e. The minimum absolute atomic E-state index is 0.351. The molecule has 8 aromatic carbocycles. The lowest BCUT2D eigenvalue weighted by molar-refractivity contribution is 0.669. The number of benzene rings is 8. The van der Waals surface area contributed by atoms with Crippen LogP contribution in [0.2, 0.25) is 0 Å². The van der Waals surface area contributed by atoms with Gasteiger partial charge in [0.15, 0.2) is 5.82 Å². The second kappa shape index (κ2) is 11.8. The van der Waals surface area contributed by atoms with Crippen molar-refractivity contribution < 1.29 is 4.42 Å². The van der Waals surface area contributed by atoms with Crippen molar-refractivity contribution in [3.8, 4) is 67.3 Å². The number of para-hydroxylation sites is 1. The fourth-order valence-electron chi connectivity index (χ4n) is 9.48. The topological polar surface area (TPSA) is 38.9 Å². The third-order valence-corrected chi connectivity index (χ3v) is 11.9. The van der Waals surface area contributed by atoms with E-state index in [0.717, 1.165) is 55.6 Å². The summed E-state index contributed by atoms with van der Waals surface area (Å²) in [5, 5.41) is 2.19. The number of fused-ring (bicyclic) bond motifs is 13. The third-order valence-electron chi connectivity index (χ3n) is 11.9. The van der Waals surface area contributed by atoms with Crippen LogP contribution in [0.25, 0.3) is 89.2 Å². The van der Waals surface area contributed by atoms with E-state index in [1.165, 1.54) is 50.1 Å². The van der Waals surface area contributed by atoms with Crippen molar-refractivity contribution in [1.29, 1.82) is 0 Å². The van der Waals surface area contributed by atoms with Gasteiger partial charge in [0.05, 0.1) is 16.8 Å². The zero-order valence-electron chi connectivity index (χ0n) is 30.3. The highest BCUT2D eigenvalue weighted by Gasteiger charge is 2.51. The summed E-state index contributed by atoms with van der Waals surface area (Å²) >= 11 is 0. The molecule has 0 fully saturated rings. The molecule has 2 aliphatic carbocycles. The molecule has 0 N–H and O–H groups in total. The molecule has 2 aliphatic rings. The van der Waals surface area contributed by atoms with Crippen LogP contribution < -0.4 is 0 Å². The van der Waals surface area contributed by atoms with Gasteiger partial charge in [0.2, 0.25) is 0 Å². The lowest BCUT2D eigenvalue weighted by atomic mass is 9.70. The Hall–Kier alpha value is -7.36. The summed E-state index contributed by atoms with van der Waals surface area (Å²) in [7, 11) is 0. The fourth-order valence-corrected chi connectivity index (χ4v) is 9.48. The summed E-state index contributed by atoms with van der Waals surface area (Å²) in [4.78, 5) is 10.3. The van der Waals surface area contributed by atoms with Crippen molar-refractivity contribution in [2.45, 2.75) is 5.41 Å². The molecule has 0 saturated carbocycles. The number of rotatable bonds is 4. The highest BCUT2D eigenvalue weighted by atomic mass is 16.3. The Morgan fingerprint density at radius 3 is 1.61 bits per heavy atom. The molecular formula is C53H32N2O. The zero-order valence-corrected chi connectivity index (χ0v) is 30.3. The maximum Gasteiger partial charge on any atom is 0.160 e. The molecular weight excluding hydrogens is 681 g/mol. The first kappa shape index (κ1) is 31.0. The molecule has 0 bridgehead atoms. The van der Waals surface area contributed by atoms with Crippen molar-refractivity contribution in [2.24, 2.45) is 0 Å². The predicted molar refractivity (Wildman–Crippen MR) is 227 cm³/mol. The first-order chi connectivity index (χ1) is 27.7. The molecule has 3 nitrogen and oxygen atoms in total. The molecule has 2 heterocycles. The Bertz CT molecular complexity index is 3170. The minimum Gasteiger partial charge on any atom is -0.456 e. The number of nitrogens with zero attached hydrogens (tertiary/aromatic N) is 2. The van der Waals surface area contributed by atoms with Gasteiger partial charge in [-0.1, -0.05) is 158 Å². The molecule has 0 radical (unpaired) electrons. The van der Waals surface area contributed by atoms with Crippen LogP contribution in [0.3, 0.4) is 0 Å². The fraction of sp³-hybridized carbons (Fsp3) is 0.0189. The van der Waals surface area contributed by atoms with Crippen molar-refractivity contribution in [2.75, 3.05) is 0 Å². The van der Waals surface area contributed by atoms with Crippen LogP contribution in [0.15, 0.2) is 199 Å². The highest BCUT2D eigenvalue weighted by Crippen LogP contribution is 2.63. The second-order valence-electron chi connectivity index (χ2n) is 14.9. The van der Waals surface area contributed by atoms with Crippen LogP contribution in [0.1, 0.15) is 22.3 Å². The SMILES string of the molecule is c1ccc(-c2cc(-c3cccc(-c4ccc5c(c4)-c4ccccc4C54c5ccccc5-c5ccccc54)c3)nc(-c3ccc4c(c3)oc3ccccc34)n2)cc1. The number of furan rings is 1.